The van der Waals surface area contributed by atoms with E-state index in [9.17, 15) is 10.1 Å². The molecule has 1 atom stereocenters. The molecule has 0 bridgehead atoms. The van der Waals surface area contributed by atoms with Crippen LogP contribution < -0.4 is 0 Å². The van der Waals surface area contributed by atoms with Gasteiger partial charge in [-0.3, -0.25) is 19.9 Å². The number of nitro benzene ring substituents is 1. The van der Waals surface area contributed by atoms with Gasteiger partial charge in [0.2, 0.25) is 0 Å². The highest BCUT2D eigenvalue weighted by atomic mass is 35.5. The van der Waals surface area contributed by atoms with E-state index >= 15 is 0 Å². The molecule has 0 aromatic heterocycles. The molecular formula is C21H25ClN4O3. The zero-order valence-electron chi connectivity index (χ0n) is 16.1. The summed E-state index contributed by atoms with van der Waals surface area (Å²) in [5.74, 6) is 0. The van der Waals surface area contributed by atoms with Crippen molar-refractivity contribution in [2.24, 2.45) is 5.16 Å². The molecule has 2 aromatic rings. The molecule has 29 heavy (non-hydrogen) atoms. The summed E-state index contributed by atoms with van der Waals surface area (Å²) in [6.07, 6.45) is 0.695. The minimum atomic E-state index is -0.383. The second-order valence-corrected chi connectivity index (χ2v) is 7.34. The van der Waals surface area contributed by atoms with Crippen molar-refractivity contribution in [3.05, 3.63) is 75.8 Å². The highest BCUT2D eigenvalue weighted by molar-refractivity contribution is 6.01. The maximum absolute atomic E-state index is 11.0. The molecule has 0 amide bonds. The van der Waals surface area contributed by atoms with Crippen LogP contribution in [0.2, 0.25) is 0 Å². The number of nitro groups is 1. The molecule has 0 aliphatic carbocycles. The van der Waals surface area contributed by atoms with Crippen LogP contribution in [0.3, 0.4) is 0 Å². The van der Waals surface area contributed by atoms with Crippen molar-refractivity contribution in [2.75, 3.05) is 32.7 Å². The Morgan fingerprint density at radius 3 is 2.48 bits per heavy atom. The standard InChI is InChI=1S/C21H24N4O3.ClH/c26-25(27)19-8-4-7-18(13-19)21-14-20(28-22-21)16-24-11-9-23(10-12-24)15-17-5-2-1-3-6-17;/h1-8,13,20H,9-12,14-16H2;1H. The number of halogens is 1. The highest BCUT2D eigenvalue weighted by Gasteiger charge is 2.27. The minimum Gasteiger partial charge on any atom is -0.390 e. The number of rotatable bonds is 6. The highest BCUT2D eigenvalue weighted by Crippen LogP contribution is 2.21. The molecule has 2 aromatic carbocycles. The number of hydrogen-bond acceptors (Lipinski definition) is 6. The first-order valence-corrected chi connectivity index (χ1v) is 9.63. The number of oxime groups is 1. The summed E-state index contributed by atoms with van der Waals surface area (Å²) in [5.41, 5.74) is 2.99. The van der Waals surface area contributed by atoms with Crippen molar-refractivity contribution in [3.63, 3.8) is 0 Å². The first-order chi connectivity index (χ1) is 13.7. The van der Waals surface area contributed by atoms with Crippen molar-refractivity contribution >= 4 is 23.8 Å². The third-order valence-electron chi connectivity index (χ3n) is 5.30. The normalized spacial score (nSPS) is 19.9. The average Bonchev–Trinajstić information content (AvgIpc) is 3.19. The van der Waals surface area contributed by atoms with E-state index in [0.29, 0.717) is 6.42 Å². The summed E-state index contributed by atoms with van der Waals surface area (Å²) in [6, 6.07) is 17.2. The van der Waals surface area contributed by atoms with Crippen molar-refractivity contribution in [1.29, 1.82) is 0 Å². The molecule has 1 unspecified atom stereocenters. The second kappa shape index (κ2) is 9.82. The third-order valence-corrected chi connectivity index (χ3v) is 5.30. The third kappa shape index (κ3) is 5.53. The Labute approximate surface area is 176 Å². The SMILES string of the molecule is Cl.O=[N+]([O-])c1cccc(C2=NOC(CN3CCN(Cc4ccccc4)CC3)C2)c1. The minimum absolute atomic E-state index is 0. The molecule has 0 spiro atoms. The van der Waals surface area contributed by atoms with Gasteiger partial charge in [-0.25, -0.2) is 0 Å². The summed E-state index contributed by atoms with van der Waals surface area (Å²) < 4.78 is 0. The van der Waals surface area contributed by atoms with Crippen LogP contribution in [-0.2, 0) is 11.4 Å². The molecular weight excluding hydrogens is 392 g/mol. The fraction of sp³-hybridized carbons (Fsp3) is 0.381. The topological polar surface area (TPSA) is 71.2 Å². The van der Waals surface area contributed by atoms with Gasteiger partial charge in [0.25, 0.3) is 5.69 Å². The molecule has 1 fully saturated rings. The fourth-order valence-electron chi connectivity index (χ4n) is 3.76. The van der Waals surface area contributed by atoms with Crippen LogP contribution in [0.5, 0.6) is 0 Å². The monoisotopic (exact) mass is 416 g/mol. The number of benzene rings is 2. The van der Waals surface area contributed by atoms with Gasteiger partial charge < -0.3 is 4.84 Å². The average molecular weight is 417 g/mol. The van der Waals surface area contributed by atoms with E-state index in [4.69, 9.17) is 4.84 Å². The molecule has 2 aliphatic rings. The van der Waals surface area contributed by atoms with Crippen LogP contribution in [0.1, 0.15) is 17.5 Å². The van der Waals surface area contributed by atoms with Gasteiger partial charge >= 0.3 is 0 Å². The smallest absolute Gasteiger partial charge is 0.270 e. The molecule has 1 saturated heterocycles. The summed E-state index contributed by atoms with van der Waals surface area (Å²) in [5, 5.41) is 15.1. The van der Waals surface area contributed by atoms with Crippen molar-refractivity contribution in [2.45, 2.75) is 19.1 Å². The van der Waals surface area contributed by atoms with Gasteiger partial charge in [0, 0.05) is 63.4 Å². The zero-order chi connectivity index (χ0) is 19.3. The number of nitrogens with zero attached hydrogens (tertiary/aromatic N) is 4. The van der Waals surface area contributed by atoms with Crippen LogP contribution >= 0.6 is 12.4 Å². The quantitative estimate of drug-likeness (QED) is 0.533. The van der Waals surface area contributed by atoms with Crippen LogP contribution in [0.25, 0.3) is 0 Å². The predicted molar refractivity (Wildman–Crippen MR) is 115 cm³/mol. The lowest BCUT2D eigenvalue weighted by Crippen LogP contribution is -2.48. The van der Waals surface area contributed by atoms with Crippen LogP contribution in [0, 0.1) is 10.1 Å². The van der Waals surface area contributed by atoms with Crippen molar-refractivity contribution in [3.8, 4) is 0 Å². The van der Waals surface area contributed by atoms with E-state index in [1.807, 2.05) is 12.1 Å². The molecule has 0 N–H and O–H groups in total. The van der Waals surface area contributed by atoms with E-state index in [1.54, 1.807) is 12.1 Å². The van der Waals surface area contributed by atoms with Crippen molar-refractivity contribution in [1.82, 2.24) is 9.80 Å². The molecule has 4 rings (SSSR count). The van der Waals surface area contributed by atoms with E-state index in [2.05, 4.69) is 39.2 Å². The van der Waals surface area contributed by atoms with Gasteiger partial charge in [-0.1, -0.05) is 47.6 Å². The summed E-state index contributed by atoms with van der Waals surface area (Å²) in [4.78, 5) is 21.1. The Bertz CT molecular complexity index is 854. The summed E-state index contributed by atoms with van der Waals surface area (Å²) in [7, 11) is 0. The Hall–Kier alpha value is -2.48. The Morgan fingerprint density at radius 1 is 1.03 bits per heavy atom. The van der Waals surface area contributed by atoms with Gasteiger partial charge in [-0.2, -0.15) is 0 Å². The molecule has 2 heterocycles. The Morgan fingerprint density at radius 2 is 1.76 bits per heavy atom. The lowest BCUT2D eigenvalue weighted by molar-refractivity contribution is -0.384. The molecule has 7 nitrogen and oxygen atoms in total. The zero-order valence-corrected chi connectivity index (χ0v) is 17.0. The largest absolute Gasteiger partial charge is 0.390 e. The van der Waals surface area contributed by atoms with Gasteiger partial charge in [-0.05, 0) is 5.56 Å². The fourth-order valence-corrected chi connectivity index (χ4v) is 3.76. The maximum Gasteiger partial charge on any atom is 0.270 e. The lowest BCUT2D eigenvalue weighted by Gasteiger charge is -2.35. The number of non-ortho nitro benzene ring substituents is 1. The first-order valence-electron chi connectivity index (χ1n) is 9.63. The Kier molecular flexibility index (Phi) is 7.19. The van der Waals surface area contributed by atoms with Gasteiger partial charge in [0.05, 0.1) is 10.6 Å². The van der Waals surface area contributed by atoms with Gasteiger partial charge in [0.15, 0.2) is 0 Å². The van der Waals surface area contributed by atoms with E-state index in [0.717, 1.165) is 50.5 Å². The van der Waals surface area contributed by atoms with E-state index in [1.165, 1.54) is 11.6 Å². The lowest BCUT2D eigenvalue weighted by atomic mass is 10.0. The van der Waals surface area contributed by atoms with Crippen LogP contribution in [0.15, 0.2) is 59.8 Å². The van der Waals surface area contributed by atoms with Crippen molar-refractivity contribution < 1.29 is 9.76 Å². The summed E-state index contributed by atoms with van der Waals surface area (Å²) in [6.45, 7) is 5.94. The Balaban J connectivity index is 0.00000240. The van der Waals surface area contributed by atoms with Gasteiger partial charge in [-0.15, -0.1) is 12.4 Å². The number of hydrogen-bond donors (Lipinski definition) is 0. The molecule has 2 aliphatic heterocycles. The van der Waals surface area contributed by atoms with Crippen LogP contribution in [0.4, 0.5) is 5.69 Å². The predicted octanol–water partition coefficient (Wildman–Crippen LogP) is 3.33. The molecule has 0 saturated carbocycles. The van der Waals surface area contributed by atoms with E-state index in [-0.39, 0.29) is 29.1 Å². The molecule has 8 heteroatoms. The maximum atomic E-state index is 11.0. The van der Waals surface area contributed by atoms with Gasteiger partial charge in [0.1, 0.15) is 6.10 Å². The van der Waals surface area contributed by atoms with E-state index < -0.39 is 0 Å². The molecule has 154 valence electrons. The van der Waals surface area contributed by atoms with Crippen LogP contribution in [-0.4, -0.2) is 59.3 Å². The first kappa shape index (κ1) is 21.2. The second-order valence-electron chi connectivity index (χ2n) is 7.34. The summed E-state index contributed by atoms with van der Waals surface area (Å²) >= 11 is 0. The number of piperazine rings is 1. The molecule has 0 radical (unpaired) electrons.